The molecule has 0 amide bonds. The van der Waals surface area contributed by atoms with Gasteiger partial charge in [0.15, 0.2) is 0 Å². The maximum absolute atomic E-state index is 10.3. The van der Waals surface area contributed by atoms with Crippen LogP contribution in [-0.2, 0) is 4.74 Å². The molecular formula is C9H17BO2S. The van der Waals surface area contributed by atoms with Crippen LogP contribution >= 0.6 is 11.8 Å². The fourth-order valence-electron chi connectivity index (χ4n) is 1.05. The van der Waals surface area contributed by atoms with Gasteiger partial charge >= 0.3 is 0 Å². The van der Waals surface area contributed by atoms with Crippen LogP contribution in [0.3, 0.4) is 0 Å². The van der Waals surface area contributed by atoms with Crippen LogP contribution in [0.5, 0.6) is 0 Å². The van der Waals surface area contributed by atoms with Gasteiger partial charge in [-0.25, -0.2) is 0 Å². The third kappa shape index (κ3) is 6.99. The first-order valence-corrected chi connectivity index (χ1v) is 5.62. The molecule has 2 nitrogen and oxygen atoms in total. The van der Waals surface area contributed by atoms with Crippen molar-refractivity contribution in [3.63, 3.8) is 0 Å². The standard InChI is InChI=1S/C9H17BO2S/c1-4-8(5-2)13-7(3)6-12-9(10)11/h7-8H,4-6H2,1-3H3/t7-/m1/s1. The van der Waals surface area contributed by atoms with Crippen molar-refractivity contribution in [1.82, 2.24) is 0 Å². The normalized spacial score (nSPS) is 12.9. The van der Waals surface area contributed by atoms with E-state index in [0.717, 1.165) is 12.8 Å². The summed E-state index contributed by atoms with van der Waals surface area (Å²) in [5.41, 5.74) is 0. The minimum atomic E-state index is -0.683. The van der Waals surface area contributed by atoms with Gasteiger partial charge in [0.25, 0.3) is 0 Å². The van der Waals surface area contributed by atoms with E-state index in [1.54, 1.807) is 0 Å². The number of hydrogen-bond acceptors (Lipinski definition) is 3. The van der Waals surface area contributed by atoms with Crippen molar-refractivity contribution in [2.45, 2.75) is 44.1 Å². The van der Waals surface area contributed by atoms with Crippen LogP contribution in [0.15, 0.2) is 0 Å². The second-order valence-corrected chi connectivity index (χ2v) is 4.76. The molecule has 0 unspecified atom stereocenters. The SMILES string of the molecule is [B]C(=O)OC[C@@H](C)SC(CC)CC. The van der Waals surface area contributed by atoms with Gasteiger partial charge in [0.2, 0.25) is 13.7 Å². The predicted molar refractivity (Wildman–Crippen MR) is 58.5 cm³/mol. The van der Waals surface area contributed by atoms with Crippen molar-refractivity contribution in [3.8, 4) is 0 Å². The second kappa shape index (κ2) is 7.30. The first-order chi connectivity index (χ1) is 6.10. The summed E-state index contributed by atoms with van der Waals surface area (Å²) in [7, 11) is 4.87. The first kappa shape index (κ1) is 12.9. The fourth-order valence-corrected chi connectivity index (χ4v) is 2.24. The summed E-state index contributed by atoms with van der Waals surface area (Å²) < 4.78 is 4.71. The van der Waals surface area contributed by atoms with Crippen LogP contribution in [0.1, 0.15) is 33.6 Å². The first-order valence-electron chi connectivity index (χ1n) is 4.67. The van der Waals surface area contributed by atoms with Crippen molar-refractivity contribution in [3.05, 3.63) is 0 Å². The average Bonchev–Trinajstić information content (AvgIpc) is 2.10. The lowest BCUT2D eigenvalue weighted by Gasteiger charge is -2.17. The highest BCUT2D eigenvalue weighted by atomic mass is 32.2. The molecule has 0 saturated carbocycles. The quantitative estimate of drug-likeness (QED) is 0.616. The van der Waals surface area contributed by atoms with E-state index < -0.39 is 5.87 Å². The molecule has 4 heteroatoms. The number of hydrogen-bond donors (Lipinski definition) is 0. The Balaban J connectivity index is 3.59. The molecule has 0 bridgehead atoms. The average molecular weight is 200 g/mol. The van der Waals surface area contributed by atoms with Crippen molar-refractivity contribution in [2.24, 2.45) is 0 Å². The Hall–Kier alpha value is -0.115. The minimum absolute atomic E-state index is 0.331. The van der Waals surface area contributed by atoms with E-state index in [9.17, 15) is 4.79 Å². The molecule has 0 aromatic rings. The maximum atomic E-state index is 10.3. The molecule has 0 aliphatic carbocycles. The van der Waals surface area contributed by atoms with E-state index in [0.29, 0.717) is 17.1 Å². The monoisotopic (exact) mass is 200 g/mol. The molecule has 0 aromatic heterocycles. The minimum Gasteiger partial charge on any atom is -0.474 e. The predicted octanol–water partition coefficient (Wildman–Crippen LogP) is 2.60. The van der Waals surface area contributed by atoms with Gasteiger partial charge in [0, 0.05) is 10.5 Å². The van der Waals surface area contributed by atoms with Gasteiger partial charge in [-0.05, 0) is 19.8 Å². The second-order valence-electron chi connectivity index (χ2n) is 3.02. The Morgan fingerprint density at radius 3 is 2.38 bits per heavy atom. The maximum Gasteiger partial charge on any atom is 0.235 e. The fraction of sp³-hybridized carbons (Fsp3) is 0.889. The zero-order valence-corrected chi connectivity index (χ0v) is 9.39. The molecule has 0 fully saturated rings. The topological polar surface area (TPSA) is 26.3 Å². The van der Waals surface area contributed by atoms with Crippen LogP contribution in [0.25, 0.3) is 0 Å². The van der Waals surface area contributed by atoms with Crippen molar-refractivity contribution in [2.75, 3.05) is 6.61 Å². The van der Waals surface area contributed by atoms with Crippen LogP contribution in [0, 0.1) is 0 Å². The number of rotatable bonds is 6. The zero-order chi connectivity index (χ0) is 10.3. The summed E-state index contributed by atoms with van der Waals surface area (Å²) in [4.78, 5) is 10.3. The summed E-state index contributed by atoms with van der Waals surface area (Å²) in [6, 6.07) is 0. The van der Waals surface area contributed by atoms with E-state index in [1.807, 2.05) is 18.7 Å². The van der Waals surface area contributed by atoms with Crippen molar-refractivity contribution < 1.29 is 9.53 Å². The molecule has 0 rings (SSSR count). The highest BCUT2D eigenvalue weighted by Gasteiger charge is 2.10. The molecular weight excluding hydrogens is 183 g/mol. The Bertz CT molecular complexity index is 149. The summed E-state index contributed by atoms with van der Waals surface area (Å²) in [6.45, 7) is 6.80. The number of ether oxygens (including phenoxy) is 1. The van der Waals surface area contributed by atoms with E-state index in [-0.39, 0.29) is 0 Å². The summed E-state index contributed by atoms with van der Waals surface area (Å²) >= 11 is 1.85. The van der Waals surface area contributed by atoms with Crippen LogP contribution in [0.2, 0.25) is 0 Å². The highest BCUT2D eigenvalue weighted by molar-refractivity contribution is 8.00. The lowest BCUT2D eigenvalue weighted by Crippen LogP contribution is -2.15. The van der Waals surface area contributed by atoms with Crippen molar-refractivity contribution >= 4 is 25.5 Å². The van der Waals surface area contributed by atoms with Gasteiger partial charge < -0.3 is 4.74 Å². The molecule has 0 saturated heterocycles. The lowest BCUT2D eigenvalue weighted by molar-refractivity contribution is 0.175. The number of thioether (sulfide) groups is 1. The molecule has 2 radical (unpaired) electrons. The molecule has 0 N–H and O–H groups in total. The molecule has 13 heavy (non-hydrogen) atoms. The molecule has 0 aliphatic heterocycles. The van der Waals surface area contributed by atoms with E-state index in [2.05, 4.69) is 13.8 Å². The summed E-state index contributed by atoms with van der Waals surface area (Å²) in [5, 5.41) is 0.990. The van der Waals surface area contributed by atoms with E-state index >= 15 is 0 Å². The molecule has 1 atom stereocenters. The molecule has 0 aromatic carbocycles. The Morgan fingerprint density at radius 1 is 1.46 bits per heavy atom. The third-order valence-corrected chi connectivity index (χ3v) is 3.45. The number of carbonyl (C=O) groups is 1. The van der Waals surface area contributed by atoms with Gasteiger partial charge in [-0.2, -0.15) is 11.8 Å². The van der Waals surface area contributed by atoms with E-state index in [4.69, 9.17) is 12.6 Å². The largest absolute Gasteiger partial charge is 0.474 e. The third-order valence-electron chi connectivity index (χ3n) is 1.80. The highest BCUT2D eigenvalue weighted by Crippen LogP contribution is 2.22. The lowest BCUT2D eigenvalue weighted by atomic mass is 10.2. The van der Waals surface area contributed by atoms with Gasteiger partial charge in [-0.1, -0.05) is 13.8 Å². The number of carbonyl (C=O) groups excluding carboxylic acids is 1. The van der Waals surface area contributed by atoms with Crippen LogP contribution in [-0.4, -0.2) is 30.8 Å². The molecule has 0 heterocycles. The Kier molecular flexibility index (Phi) is 7.24. The van der Waals surface area contributed by atoms with Gasteiger partial charge in [0.1, 0.15) is 6.61 Å². The van der Waals surface area contributed by atoms with Gasteiger partial charge in [-0.3, -0.25) is 4.79 Å². The Labute approximate surface area is 86.2 Å². The van der Waals surface area contributed by atoms with Gasteiger partial charge in [0.05, 0.1) is 0 Å². The zero-order valence-electron chi connectivity index (χ0n) is 8.58. The van der Waals surface area contributed by atoms with Gasteiger partial charge in [-0.15, -0.1) is 0 Å². The van der Waals surface area contributed by atoms with Crippen LogP contribution < -0.4 is 0 Å². The Morgan fingerprint density at radius 2 is 2.00 bits per heavy atom. The summed E-state index contributed by atoms with van der Waals surface area (Å²) in [5.74, 6) is -0.683. The van der Waals surface area contributed by atoms with E-state index in [1.165, 1.54) is 0 Å². The molecule has 0 spiro atoms. The van der Waals surface area contributed by atoms with Crippen molar-refractivity contribution in [1.29, 1.82) is 0 Å². The van der Waals surface area contributed by atoms with Crippen LogP contribution in [0.4, 0.5) is 4.79 Å². The molecule has 74 valence electrons. The molecule has 0 aliphatic rings. The smallest absolute Gasteiger partial charge is 0.235 e. The summed E-state index contributed by atoms with van der Waals surface area (Å²) in [6.07, 6.45) is 2.31.